The van der Waals surface area contributed by atoms with E-state index in [1.165, 1.54) is 7.11 Å². The van der Waals surface area contributed by atoms with Gasteiger partial charge in [0.05, 0.1) is 17.7 Å². The second kappa shape index (κ2) is 6.66. The quantitative estimate of drug-likeness (QED) is 0.467. The van der Waals surface area contributed by atoms with E-state index < -0.39 is 0 Å². The minimum Gasteiger partial charge on any atom is -0.399 e. The molecule has 0 N–H and O–H groups in total. The maximum absolute atomic E-state index is 8.73. The Hall–Kier alpha value is -1.04. The van der Waals surface area contributed by atoms with E-state index in [4.69, 9.17) is 5.26 Å². The van der Waals surface area contributed by atoms with Crippen molar-refractivity contribution in [1.29, 1.82) is 5.26 Å². The van der Waals surface area contributed by atoms with Crippen LogP contribution in [0.5, 0.6) is 0 Å². The molecule has 12 heavy (non-hydrogen) atoms. The second-order valence-electron chi connectivity index (χ2n) is 2.83. The van der Waals surface area contributed by atoms with Gasteiger partial charge in [0.2, 0.25) is 0 Å². The second-order valence-corrected chi connectivity index (χ2v) is 2.83. The maximum atomic E-state index is 8.73. The van der Waals surface area contributed by atoms with Gasteiger partial charge in [-0.25, -0.2) is 0 Å². The van der Waals surface area contributed by atoms with Gasteiger partial charge in [-0.05, 0) is 13.3 Å². The molecule has 3 heteroatoms. The molecule has 1 unspecified atom stereocenters. The molecule has 3 nitrogen and oxygen atoms in total. The topological polar surface area (TPSA) is 45.4 Å². The van der Waals surface area contributed by atoms with Crippen molar-refractivity contribution < 1.29 is 4.84 Å². The number of nitriles is 1. The zero-order valence-electron chi connectivity index (χ0n) is 8.00. The monoisotopic (exact) mass is 168 g/mol. The third-order valence-electron chi connectivity index (χ3n) is 1.61. The molecule has 0 aliphatic rings. The van der Waals surface area contributed by atoms with Crippen molar-refractivity contribution in [3.05, 3.63) is 0 Å². The molecule has 0 saturated carbocycles. The highest BCUT2D eigenvalue weighted by atomic mass is 16.6. The van der Waals surface area contributed by atoms with Crippen molar-refractivity contribution in [1.82, 2.24) is 0 Å². The zero-order valence-corrected chi connectivity index (χ0v) is 8.00. The van der Waals surface area contributed by atoms with Crippen LogP contribution in [0.1, 0.15) is 33.1 Å². The van der Waals surface area contributed by atoms with Gasteiger partial charge in [0.25, 0.3) is 0 Å². The van der Waals surface area contributed by atoms with E-state index in [0.29, 0.717) is 0 Å². The van der Waals surface area contributed by atoms with E-state index >= 15 is 0 Å². The summed E-state index contributed by atoms with van der Waals surface area (Å²) in [4.78, 5) is 4.61. The molecule has 0 aliphatic heterocycles. The van der Waals surface area contributed by atoms with Gasteiger partial charge in [-0.3, -0.25) is 0 Å². The summed E-state index contributed by atoms with van der Waals surface area (Å²) in [6.07, 6.45) is 2.70. The molecule has 0 rings (SSSR count). The third-order valence-corrected chi connectivity index (χ3v) is 1.61. The van der Waals surface area contributed by atoms with Crippen LogP contribution in [-0.4, -0.2) is 12.8 Å². The lowest BCUT2D eigenvalue weighted by molar-refractivity contribution is 0.212. The van der Waals surface area contributed by atoms with Crippen LogP contribution in [0, 0.1) is 17.2 Å². The van der Waals surface area contributed by atoms with Gasteiger partial charge in [-0.1, -0.05) is 18.5 Å². The fraction of sp³-hybridized carbons (Fsp3) is 0.778. The van der Waals surface area contributed by atoms with Crippen LogP contribution in [0.15, 0.2) is 5.16 Å². The minimum atomic E-state index is 0.0916. The summed E-state index contributed by atoms with van der Waals surface area (Å²) >= 11 is 0. The number of hydrogen-bond donors (Lipinski definition) is 0. The van der Waals surface area contributed by atoms with Crippen LogP contribution in [0.2, 0.25) is 0 Å². The molecule has 0 bridgehead atoms. The third kappa shape index (κ3) is 4.73. The largest absolute Gasteiger partial charge is 0.399 e. The van der Waals surface area contributed by atoms with Crippen LogP contribution in [0.3, 0.4) is 0 Å². The number of hydrogen-bond acceptors (Lipinski definition) is 3. The van der Waals surface area contributed by atoms with Gasteiger partial charge in [0.15, 0.2) is 0 Å². The molecule has 0 aromatic carbocycles. The molecule has 0 aromatic rings. The van der Waals surface area contributed by atoms with Crippen molar-refractivity contribution in [2.75, 3.05) is 7.11 Å². The normalized spacial score (nSPS) is 13.7. The summed E-state index contributed by atoms with van der Waals surface area (Å²) in [5.74, 6) is 0.0916. The Morgan fingerprint density at radius 3 is 2.75 bits per heavy atom. The average Bonchev–Trinajstić information content (AvgIpc) is 2.04. The molecule has 0 amide bonds. The number of nitrogens with zero attached hydrogens (tertiary/aromatic N) is 2. The van der Waals surface area contributed by atoms with Gasteiger partial charge in [-0.2, -0.15) is 5.26 Å². The van der Waals surface area contributed by atoms with Gasteiger partial charge in [0.1, 0.15) is 7.11 Å². The molecular formula is C9H16N2O. The number of oxime groups is 1. The van der Waals surface area contributed by atoms with E-state index in [0.717, 1.165) is 25.0 Å². The van der Waals surface area contributed by atoms with Crippen molar-refractivity contribution in [2.24, 2.45) is 11.1 Å². The maximum Gasteiger partial charge on any atom is 0.106 e. The van der Waals surface area contributed by atoms with E-state index in [-0.39, 0.29) is 5.92 Å². The van der Waals surface area contributed by atoms with Crippen molar-refractivity contribution in [3.63, 3.8) is 0 Å². The average molecular weight is 168 g/mol. The molecule has 0 saturated heterocycles. The Kier molecular flexibility index (Phi) is 6.08. The summed E-state index contributed by atoms with van der Waals surface area (Å²) in [5, 5.41) is 12.5. The van der Waals surface area contributed by atoms with E-state index in [2.05, 4.69) is 23.0 Å². The number of rotatable bonds is 5. The highest BCUT2D eigenvalue weighted by molar-refractivity contribution is 5.81. The first kappa shape index (κ1) is 11.0. The molecule has 0 spiro atoms. The Balaban J connectivity index is 3.87. The molecule has 0 aliphatic carbocycles. The first-order valence-corrected chi connectivity index (χ1v) is 4.20. The minimum absolute atomic E-state index is 0.0916. The Morgan fingerprint density at radius 2 is 2.33 bits per heavy atom. The van der Waals surface area contributed by atoms with Gasteiger partial charge in [0, 0.05) is 6.42 Å². The van der Waals surface area contributed by atoms with E-state index in [9.17, 15) is 0 Å². The Labute approximate surface area is 74.0 Å². The van der Waals surface area contributed by atoms with Crippen molar-refractivity contribution >= 4 is 5.71 Å². The highest BCUT2D eigenvalue weighted by Crippen LogP contribution is 2.10. The summed E-state index contributed by atoms with van der Waals surface area (Å²) in [5.41, 5.74) is 0.887. The first-order valence-electron chi connectivity index (χ1n) is 4.20. The molecule has 0 heterocycles. The fourth-order valence-corrected chi connectivity index (χ4v) is 1.11. The van der Waals surface area contributed by atoms with Crippen LogP contribution in [0.25, 0.3) is 0 Å². The van der Waals surface area contributed by atoms with Crippen molar-refractivity contribution in [3.8, 4) is 6.07 Å². The highest BCUT2D eigenvalue weighted by Gasteiger charge is 2.07. The Morgan fingerprint density at radius 1 is 1.67 bits per heavy atom. The summed E-state index contributed by atoms with van der Waals surface area (Å²) < 4.78 is 0. The Bertz CT molecular complexity index is 181. The van der Waals surface area contributed by atoms with E-state index in [1.54, 1.807) is 0 Å². The summed E-state index contributed by atoms with van der Waals surface area (Å²) in [6.45, 7) is 3.95. The van der Waals surface area contributed by atoms with Crippen molar-refractivity contribution in [2.45, 2.75) is 33.1 Å². The molecule has 68 valence electrons. The first-order chi connectivity index (χ1) is 5.74. The van der Waals surface area contributed by atoms with Crippen LogP contribution in [0.4, 0.5) is 0 Å². The zero-order chi connectivity index (χ0) is 9.40. The standard InChI is InChI=1S/C9H16N2O/c1-4-5-9(7-10)6-8(2)11-12-3/h9H,4-6H2,1-3H3. The predicted molar refractivity (Wildman–Crippen MR) is 48.7 cm³/mol. The lowest BCUT2D eigenvalue weighted by Gasteiger charge is -2.05. The lowest BCUT2D eigenvalue weighted by atomic mass is 9.99. The van der Waals surface area contributed by atoms with Gasteiger partial charge in [-0.15, -0.1) is 0 Å². The summed E-state index contributed by atoms with van der Waals surface area (Å²) in [6, 6.07) is 2.26. The fourth-order valence-electron chi connectivity index (χ4n) is 1.11. The molecule has 0 fully saturated rings. The van der Waals surface area contributed by atoms with Crippen LogP contribution in [-0.2, 0) is 4.84 Å². The lowest BCUT2D eigenvalue weighted by Crippen LogP contribution is -2.03. The predicted octanol–water partition coefficient (Wildman–Crippen LogP) is 2.34. The molecular weight excluding hydrogens is 152 g/mol. The molecule has 1 atom stereocenters. The van der Waals surface area contributed by atoms with Crippen LogP contribution < -0.4 is 0 Å². The summed E-state index contributed by atoms with van der Waals surface area (Å²) in [7, 11) is 1.52. The van der Waals surface area contributed by atoms with Crippen LogP contribution >= 0.6 is 0 Å². The SMILES string of the molecule is CCCC(C#N)CC(C)=NOC. The molecule has 0 aromatic heterocycles. The van der Waals surface area contributed by atoms with Gasteiger partial charge < -0.3 is 4.84 Å². The van der Waals surface area contributed by atoms with E-state index in [1.807, 2.05) is 6.92 Å². The van der Waals surface area contributed by atoms with Gasteiger partial charge >= 0.3 is 0 Å². The molecule has 0 radical (unpaired) electrons. The smallest absolute Gasteiger partial charge is 0.106 e.